The number of hydrogen-bond acceptors (Lipinski definition) is 4. The highest BCUT2D eigenvalue weighted by molar-refractivity contribution is 7.09. The molecule has 2 heterocycles. The van der Waals surface area contributed by atoms with Crippen molar-refractivity contribution in [1.82, 2.24) is 20.2 Å². The fourth-order valence-electron chi connectivity index (χ4n) is 3.76. The average Bonchev–Trinajstić information content (AvgIpc) is 3.46. The Morgan fingerprint density at radius 3 is 2.76 bits per heavy atom. The number of nitrogens with one attached hydrogen (secondary N) is 2. The molecule has 172 valence electrons. The highest BCUT2D eigenvalue weighted by atomic mass is 35.5. The van der Waals surface area contributed by atoms with Crippen molar-refractivity contribution in [1.29, 1.82) is 0 Å². The van der Waals surface area contributed by atoms with Gasteiger partial charge >= 0.3 is 0 Å². The number of aromatic amines is 1. The molecule has 0 aliphatic rings. The lowest BCUT2D eigenvalue weighted by Gasteiger charge is -2.21. The van der Waals surface area contributed by atoms with E-state index in [1.54, 1.807) is 0 Å². The molecule has 0 unspecified atom stereocenters. The summed E-state index contributed by atoms with van der Waals surface area (Å²) in [5.41, 5.74) is 4.16. The first-order chi connectivity index (χ1) is 16.0. The van der Waals surface area contributed by atoms with E-state index in [2.05, 4.69) is 63.6 Å². The summed E-state index contributed by atoms with van der Waals surface area (Å²) in [5, 5.41) is 7.79. The Balaban J connectivity index is 1.48. The molecule has 1 atom stereocenters. The van der Waals surface area contributed by atoms with Gasteiger partial charge in [0, 0.05) is 46.6 Å². The van der Waals surface area contributed by atoms with Crippen LogP contribution >= 0.6 is 22.9 Å². The summed E-state index contributed by atoms with van der Waals surface area (Å²) in [4.78, 5) is 22.8. The van der Waals surface area contributed by atoms with Gasteiger partial charge in [0.25, 0.3) is 5.91 Å². The number of amides is 1. The highest BCUT2D eigenvalue weighted by Crippen LogP contribution is 2.21. The molecule has 0 radical (unpaired) electrons. The Labute approximate surface area is 203 Å². The smallest absolute Gasteiger partial charge is 0.270 e. The third-order valence-corrected chi connectivity index (χ3v) is 6.91. The number of fused-ring (bicyclic) bond motifs is 1. The molecule has 0 aliphatic carbocycles. The number of aromatic nitrogens is 2. The van der Waals surface area contributed by atoms with E-state index in [0.29, 0.717) is 12.2 Å². The van der Waals surface area contributed by atoms with E-state index in [4.69, 9.17) is 11.6 Å². The zero-order valence-electron chi connectivity index (χ0n) is 19.0. The molecule has 1 amide bonds. The van der Waals surface area contributed by atoms with Gasteiger partial charge in [-0.1, -0.05) is 48.9 Å². The average molecular weight is 481 g/mol. The van der Waals surface area contributed by atoms with Crippen molar-refractivity contribution in [2.24, 2.45) is 0 Å². The molecule has 2 aromatic carbocycles. The van der Waals surface area contributed by atoms with Crippen LogP contribution in [-0.4, -0.2) is 33.4 Å². The van der Waals surface area contributed by atoms with Crippen molar-refractivity contribution in [3.63, 3.8) is 0 Å². The Kier molecular flexibility index (Phi) is 7.81. The number of nitrogens with zero attached hydrogens (tertiary/aromatic N) is 2. The maximum Gasteiger partial charge on any atom is 0.270 e. The van der Waals surface area contributed by atoms with E-state index in [9.17, 15) is 4.79 Å². The molecule has 7 heteroatoms. The summed E-state index contributed by atoms with van der Waals surface area (Å²) in [7, 11) is 0. The van der Waals surface area contributed by atoms with Gasteiger partial charge in [-0.15, -0.1) is 11.3 Å². The van der Waals surface area contributed by atoms with Gasteiger partial charge in [0.05, 0.1) is 6.54 Å². The quantitative estimate of drug-likeness (QED) is 0.290. The molecule has 2 N–H and O–H groups in total. The van der Waals surface area contributed by atoms with Crippen molar-refractivity contribution in [2.75, 3.05) is 6.54 Å². The number of carbonyl (C=O) groups excluding carboxylic acids is 1. The van der Waals surface area contributed by atoms with Crippen LogP contribution in [-0.2, 0) is 19.5 Å². The first kappa shape index (κ1) is 23.5. The zero-order valence-corrected chi connectivity index (χ0v) is 20.5. The number of thiazole rings is 1. The van der Waals surface area contributed by atoms with Crippen molar-refractivity contribution < 1.29 is 4.79 Å². The normalized spacial score (nSPS) is 12.4. The molecule has 0 fully saturated rings. The fourth-order valence-corrected chi connectivity index (χ4v) is 4.70. The number of hydrogen-bond donors (Lipinski definition) is 2. The molecule has 2 aromatic heterocycles. The van der Waals surface area contributed by atoms with Crippen LogP contribution < -0.4 is 5.32 Å². The van der Waals surface area contributed by atoms with Crippen LogP contribution in [0.2, 0.25) is 5.02 Å². The summed E-state index contributed by atoms with van der Waals surface area (Å²) in [6, 6.07) is 16.5. The summed E-state index contributed by atoms with van der Waals surface area (Å²) >= 11 is 7.62. The summed E-state index contributed by atoms with van der Waals surface area (Å²) in [6.07, 6.45) is 3.92. The first-order valence-electron chi connectivity index (χ1n) is 11.3. The molecule has 4 aromatic rings. The molecular formula is C26H29ClN4OS. The summed E-state index contributed by atoms with van der Waals surface area (Å²) < 4.78 is 0. The number of benzene rings is 2. The maximum atomic E-state index is 12.4. The second-order valence-electron chi connectivity index (χ2n) is 8.36. The van der Waals surface area contributed by atoms with Gasteiger partial charge in [-0.25, -0.2) is 4.98 Å². The van der Waals surface area contributed by atoms with Gasteiger partial charge in [0.1, 0.15) is 10.7 Å². The molecule has 33 heavy (non-hydrogen) atoms. The highest BCUT2D eigenvalue weighted by Gasteiger charge is 2.16. The second kappa shape index (κ2) is 11.0. The van der Waals surface area contributed by atoms with Gasteiger partial charge in [0.15, 0.2) is 0 Å². The molecule has 0 saturated carbocycles. The zero-order chi connectivity index (χ0) is 23.2. The number of rotatable bonds is 10. The molecule has 0 bridgehead atoms. The van der Waals surface area contributed by atoms with Crippen LogP contribution in [0, 0.1) is 0 Å². The van der Waals surface area contributed by atoms with Crippen molar-refractivity contribution in [2.45, 2.75) is 45.8 Å². The minimum absolute atomic E-state index is 0.102. The minimum atomic E-state index is -0.102. The largest absolute Gasteiger partial charge is 0.361 e. The van der Waals surface area contributed by atoms with E-state index < -0.39 is 0 Å². The topological polar surface area (TPSA) is 61.0 Å². The molecule has 0 spiro atoms. The van der Waals surface area contributed by atoms with Crippen molar-refractivity contribution in [3.8, 4) is 0 Å². The fraction of sp³-hybridized carbons (Fsp3) is 0.308. The minimum Gasteiger partial charge on any atom is -0.361 e. The van der Waals surface area contributed by atoms with Gasteiger partial charge in [-0.3, -0.25) is 9.69 Å². The van der Waals surface area contributed by atoms with E-state index in [0.717, 1.165) is 41.5 Å². The van der Waals surface area contributed by atoms with Crippen LogP contribution in [0.4, 0.5) is 0 Å². The van der Waals surface area contributed by atoms with Crippen molar-refractivity contribution >= 4 is 39.7 Å². The standard InChI is InChI=1S/C26H29ClN4OS/c1-3-18(2)29-26(32)24-17-33-25(30-24)16-31(15-19-8-10-21(27)11-9-19)13-12-20-14-28-23-7-5-4-6-22(20)23/h4-11,14,17-18,28H,3,12-13,15-16H2,1-2H3,(H,29,32)/t18-/m0/s1. The Morgan fingerprint density at radius 1 is 1.18 bits per heavy atom. The molecule has 5 nitrogen and oxygen atoms in total. The summed E-state index contributed by atoms with van der Waals surface area (Å²) in [5.74, 6) is -0.102. The predicted molar refractivity (Wildman–Crippen MR) is 137 cm³/mol. The lowest BCUT2D eigenvalue weighted by Crippen LogP contribution is -2.32. The first-order valence-corrected chi connectivity index (χ1v) is 12.5. The third-order valence-electron chi connectivity index (χ3n) is 5.82. The predicted octanol–water partition coefficient (Wildman–Crippen LogP) is 6.05. The summed E-state index contributed by atoms with van der Waals surface area (Å²) in [6.45, 7) is 6.40. The molecule has 0 saturated heterocycles. The van der Waals surface area contributed by atoms with Crippen LogP contribution in [0.15, 0.2) is 60.1 Å². The van der Waals surface area contributed by atoms with Crippen LogP contribution in [0.3, 0.4) is 0 Å². The van der Waals surface area contributed by atoms with E-state index >= 15 is 0 Å². The lowest BCUT2D eigenvalue weighted by molar-refractivity contribution is 0.0934. The second-order valence-corrected chi connectivity index (χ2v) is 9.73. The Hall–Kier alpha value is -2.67. The number of para-hydroxylation sites is 1. The van der Waals surface area contributed by atoms with Crippen molar-refractivity contribution in [3.05, 3.63) is 87.0 Å². The van der Waals surface area contributed by atoms with E-state index in [-0.39, 0.29) is 11.9 Å². The van der Waals surface area contributed by atoms with E-state index in [1.165, 1.54) is 27.8 Å². The Morgan fingerprint density at radius 2 is 1.97 bits per heavy atom. The number of halogens is 1. The van der Waals surface area contributed by atoms with Crippen LogP contribution in [0.5, 0.6) is 0 Å². The maximum absolute atomic E-state index is 12.4. The number of H-pyrrole nitrogens is 1. The molecular weight excluding hydrogens is 452 g/mol. The van der Waals surface area contributed by atoms with E-state index in [1.807, 2.05) is 30.5 Å². The van der Waals surface area contributed by atoms with Gasteiger partial charge < -0.3 is 10.3 Å². The monoisotopic (exact) mass is 480 g/mol. The SMILES string of the molecule is CC[C@H](C)NC(=O)c1csc(CN(CCc2c[nH]c3ccccc23)Cc2ccc(Cl)cc2)n1. The molecule has 0 aliphatic heterocycles. The lowest BCUT2D eigenvalue weighted by atomic mass is 10.1. The molecule has 4 rings (SSSR count). The van der Waals surface area contributed by atoms with Gasteiger partial charge in [-0.2, -0.15) is 0 Å². The third kappa shape index (κ3) is 6.22. The van der Waals surface area contributed by atoms with Crippen LogP contribution in [0.1, 0.15) is 46.9 Å². The van der Waals surface area contributed by atoms with Gasteiger partial charge in [0.2, 0.25) is 0 Å². The van der Waals surface area contributed by atoms with Gasteiger partial charge in [-0.05, 0) is 49.1 Å². The van der Waals surface area contributed by atoms with Crippen LogP contribution in [0.25, 0.3) is 10.9 Å². The Bertz CT molecular complexity index is 1200. The number of carbonyl (C=O) groups is 1.